The molecule has 0 radical (unpaired) electrons. The zero-order valence-electron chi connectivity index (χ0n) is 18.3. The molecule has 1 atom stereocenters. The van der Waals surface area contributed by atoms with Crippen molar-refractivity contribution in [3.63, 3.8) is 0 Å². The highest BCUT2D eigenvalue weighted by atomic mass is 16.5. The lowest BCUT2D eigenvalue weighted by Gasteiger charge is -2.36. The number of tetrazole rings is 1. The van der Waals surface area contributed by atoms with Crippen LogP contribution in [0.1, 0.15) is 49.3 Å². The molecule has 0 unspecified atom stereocenters. The quantitative estimate of drug-likeness (QED) is 0.644. The highest BCUT2D eigenvalue weighted by Crippen LogP contribution is 2.39. The van der Waals surface area contributed by atoms with Gasteiger partial charge >= 0.3 is 0 Å². The molecule has 158 valence electrons. The molecule has 1 aliphatic heterocycles. The lowest BCUT2D eigenvalue weighted by Crippen LogP contribution is -2.38. The zero-order chi connectivity index (χ0) is 21.3. The van der Waals surface area contributed by atoms with Gasteiger partial charge in [0.1, 0.15) is 17.5 Å². The van der Waals surface area contributed by atoms with Gasteiger partial charge in [-0.25, -0.2) is 4.68 Å². The number of hydrogen-bond acceptors (Lipinski definition) is 6. The van der Waals surface area contributed by atoms with E-state index in [0.29, 0.717) is 0 Å². The van der Waals surface area contributed by atoms with Gasteiger partial charge in [0.15, 0.2) is 5.82 Å². The molecule has 2 aromatic carbocycles. The molecule has 0 bridgehead atoms. The van der Waals surface area contributed by atoms with Crippen LogP contribution in [0.5, 0.6) is 11.5 Å². The number of rotatable bonds is 5. The summed E-state index contributed by atoms with van der Waals surface area (Å²) in [6, 6.07) is 14.4. The van der Waals surface area contributed by atoms with Crippen LogP contribution in [0, 0.1) is 0 Å². The lowest BCUT2D eigenvalue weighted by atomic mass is 9.95. The van der Waals surface area contributed by atoms with Gasteiger partial charge in [-0.3, -0.25) is 4.90 Å². The molecule has 0 aliphatic carbocycles. The van der Waals surface area contributed by atoms with Crippen LogP contribution < -0.4 is 9.47 Å². The highest BCUT2D eigenvalue weighted by molar-refractivity contribution is 5.45. The SMILES string of the molecule is COc1ccc(OC)c([C@H](c2nnnn2C(C)(C)C)N2CCc3ccccc3C2)c1. The van der Waals surface area contributed by atoms with E-state index in [4.69, 9.17) is 9.47 Å². The van der Waals surface area contributed by atoms with Crippen molar-refractivity contribution in [2.75, 3.05) is 20.8 Å². The van der Waals surface area contributed by atoms with E-state index in [9.17, 15) is 0 Å². The predicted octanol–water partition coefficient (Wildman–Crippen LogP) is 3.59. The largest absolute Gasteiger partial charge is 0.497 e. The average molecular weight is 408 g/mol. The first-order valence-electron chi connectivity index (χ1n) is 10.2. The molecule has 7 nitrogen and oxygen atoms in total. The van der Waals surface area contributed by atoms with Crippen LogP contribution in [-0.4, -0.2) is 45.9 Å². The Balaban J connectivity index is 1.86. The van der Waals surface area contributed by atoms with Gasteiger partial charge in [-0.1, -0.05) is 24.3 Å². The molecule has 0 spiro atoms. The second kappa shape index (κ2) is 8.07. The summed E-state index contributed by atoms with van der Waals surface area (Å²) in [6.07, 6.45) is 0.982. The number of methoxy groups -OCH3 is 2. The Morgan fingerprint density at radius 2 is 1.77 bits per heavy atom. The molecular weight excluding hydrogens is 378 g/mol. The molecule has 2 heterocycles. The topological polar surface area (TPSA) is 65.3 Å². The van der Waals surface area contributed by atoms with Crippen LogP contribution in [0.4, 0.5) is 0 Å². The number of hydrogen-bond donors (Lipinski definition) is 0. The molecule has 0 saturated heterocycles. The van der Waals surface area contributed by atoms with E-state index in [-0.39, 0.29) is 11.6 Å². The third kappa shape index (κ3) is 3.77. The maximum Gasteiger partial charge on any atom is 0.173 e. The van der Waals surface area contributed by atoms with Gasteiger partial charge in [-0.15, -0.1) is 5.10 Å². The Morgan fingerprint density at radius 1 is 1.00 bits per heavy atom. The molecule has 3 aromatic rings. The molecule has 1 aliphatic rings. The first kappa shape index (κ1) is 20.3. The third-order valence-electron chi connectivity index (χ3n) is 5.63. The van der Waals surface area contributed by atoms with Crippen LogP contribution in [0.15, 0.2) is 42.5 Å². The van der Waals surface area contributed by atoms with Crippen LogP contribution in [0.25, 0.3) is 0 Å². The van der Waals surface area contributed by atoms with Gasteiger partial charge in [-0.2, -0.15) is 0 Å². The predicted molar refractivity (Wildman–Crippen MR) is 115 cm³/mol. The molecule has 4 rings (SSSR count). The standard InChI is InChI=1S/C23H29N5O2/c1-23(2,3)28-22(24-25-26-28)21(19-14-18(29-4)10-11-20(19)30-5)27-13-12-16-8-6-7-9-17(16)15-27/h6-11,14,21H,12-13,15H2,1-5H3/t21-/m1/s1. The summed E-state index contributed by atoms with van der Waals surface area (Å²) in [5.41, 5.74) is 3.49. The number of aromatic nitrogens is 4. The minimum absolute atomic E-state index is 0.169. The smallest absolute Gasteiger partial charge is 0.173 e. The molecule has 7 heteroatoms. The van der Waals surface area contributed by atoms with Crippen molar-refractivity contribution in [1.82, 2.24) is 25.1 Å². The van der Waals surface area contributed by atoms with Crippen LogP contribution in [-0.2, 0) is 18.5 Å². The summed E-state index contributed by atoms with van der Waals surface area (Å²) in [6.45, 7) is 8.05. The number of fused-ring (bicyclic) bond motifs is 1. The molecule has 0 N–H and O–H groups in total. The summed E-state index contributed by atoms with van der Waals surface area (Å²) in [7, 11) is 3.37. The Labute approximate surface area is 177 Å². The van der Waals surface area contributed by atoms with Crippen molar-refractivity contribution in [2.24, 2.45) is 0 Å². The fourth-order valence-corrected chi connectivity index (χ4v) is 4.13. The normalized spacial score (nSPS) is 15.5. The Hall–Kier alpha value is -2.93. The van der Waals surface area contributed by atoms with Gasteiger partial charge in [-0.05, 0) is 66.9 Å². The van der Waals surface area contributed by atoms with Gasteiger partial charge in [0.25, 0.3) is 0 Å². The third-order valence-corrected chi connectivity index (χ3v) is 5.63. The maximum absolute atomic E-state index is 5.75. The van der Waals surface area contributed by atoms with E-state index in [2.05, 4.69) is 65.5 Å². The number of ether oxygens (including phenoxy) is 2. The van der Waals surface area contributed by atoms with Crippen molar-refractivity contribution in [3.8, 4) is 11.5 Å². The van der Waals surface area contributed by atoms with E-state index in [1.54, 1.807) is 14.2 Å². The van der Waals surface area contributed by atoms with Gasteiger partial charge in [0, 0.05) is 18.7 Å². The highest BCUT2D eigenvalue weighted by Gasteiger charge is 2.35. The Morgan fingerprint density at radius 3 is 2.47 bits per heavy atom. The second-order valence-electron chi connectivity index (χ2n) is 8.62. The number of nitrogens with zero attached hydrogens (tertiary/aromatic N) is 5. The van der Waals surface area contributed by atoms with Crippen molar-refractivity contribution in [2.45, 2.75) is 45.3 Å². The maximum atomic E-state index is 5.75. The van der Waals surface area contributed by atoms with E-state index in [0.717, 1.165) is 42.4 Å². The van der Waals surface area contributed by atoms with E-state index < -0.39 is 0 Å². The van der Waals surface area contributed by atoms with E-state index in [1.807, 2.05) is 22.9 Å². The first-order valence-corrected chi connectivity index (χ1v) is 10.2. The van der Waals surface area contributed by atoms with Crippen LogP contribution in [0.3, 0.4) is 0 Å². The fourth-order valence-electron chi connectivity index (χ4n) is 4.13. The summed E-state index contributed by atoms with van der Waals surface area (Å²) in [5.74, 6) is 2.37. The minimum Gasteiger partial charge on any atom is -0.497 e. The lowest BCUT2D eigenvalue weighted by molar-refractivity contribution is 0.182. The fraction of sp³-hybridized carbons (Fsp3) is 0.435. The van der Waals surface area contributed by atoms with Gasteiger partial charge in [0.2, 0.25) is 0 Å². The summed E-state index contributed by atoms with van der Waals surface area (Å²) in [4.78, 5) is 2.42. The monoisotopic (exact) mass is 407 g/mol. The van der Waals surface area contributed by atoms with Crippen molar-refractivity contribution < 1.29 is 9.47 Å². The van der Waals surface area contributed by atoms with Crippen molar-refractivity contribution >= 4 is 0 Å². The first-order chi connectivity index (χ1) is 14.4. The molecule has 0 amide bonds. The minimum atomic E-state index is -0.253. The van der Waals surface area contributed by atoms with Crippen LogP contribution >= 0.6 is 0 Å². The van der Waals surface area contributed by atoms with Gasteiger partial charge in [0.05, 0.1) is 19.8 Å². The molecular formula is C23H29N5O2. The van der Waals surface area contributed by atoms with E-state index in [1.165, 1.54) is 11.1 Å². The Kier molecular flexibility index (Phi) is 5.47. The van der Waals surface area contributed by atoms with Gasteiger partial charge < -0.3 is 9.47 Å². The van der Waals surface area contributed by atoms with E-state index >= 15 is 0 Å². The number of benzene rings is 2. The summed E-state index contributed by atoms with van der Waals surface area (Å²) in [5, 5.41) is 12.8. The molecule has 30 heavy (non-hydrogen) atoms. The zero-order valence-corrected chi connectivity index (χ0v) is 18.3. The van der Waals surface area contributed by atoms with Crippen molar-refractivity contribution in [1.29, 1.82) is 0 Å². The Bertz CT molecular complexity index is 1020. The molecule has 0 fully saturated rings. The summed E-state index contributed by atoms with van der Waals surface area (Å²) < 4.78 is 13.2. The van der Waals surface area contributed by atoms with Crippen LogP contribution in [0.2, 0.25) is 0 Å². The average Bonchev–Trinajstić information content (AvgIpc) is 3.24. The molecule has 1 aromatic heterocycles. The van der Waals surface area contributed by atoms with Crippen molar-refractivity contribution in [3.05, 3.63) is 65.0 Å². The summed E-state index contributed by atoms with van der Waals surface area (Å²) >= 11 is 0. The second-order valence-corrected chi connectivity index (χ2v) is 8.62. The molecule has 0 saturated carbocycles.